The third kappa shape index (κ3) is 6.00. The Labute approximate surface area is 206 Å². The van der Waals surface area contributed by atoms with Crippen LogP contribution in [0.4, 0.5) is 5.69 Å². The maximum Gasteiger partial charge on any atom is 0.255 e. The van der Waals surface area contributed by atoms with Crippen LogP contribution in [0.3, 0.4) is 0 Å². The Morgan fingerprint density at radius 2 is 1.72 bits per heavy atom. The Kier molecular flexibility index (Phi) is 8.16. The average molecular weight is 585 g/mol. The monoisotopic (exact) mass is 584 g/mol. The van der Waals surface area contributed by atoms with E-state index < -0.39 is 10.0 Å². The van der Waals surface area contributed by atoms with Crippen molar-refractivity contribution in [3.8, 4) is 5.75 Å². The molecule has 0 saturated carbocycles. The van der Waals surface area contributed by atoms with Crippen LogP contribution in [0.5, 0.6) is 5.75 Å². The Morgan fingerprint density at radius 3 is 2.34 bits per heavy atom. The molecule has 0 heterocycles. The van der Waals surface area contributed by atoms with Gasteiger partial charge in [0.1, 0.15) is 5.75 Å². The van der Waals surface area contributed by atoms with Gasteiger partial charge in [-0.1, -0.05) is 11.6 Å². The second kappa shape index (κ2) is 10.7. The Hall–Kier alpha value is -2.14. The number of sulfonamides is 1. The number of amides is 1. The van der Waals surface area contributed by atoms with Crippen LogP contribution in [0, 0.1) is 3.57 Å². The number of carbonyl (C=O) groups is 1. The number of halogens is 2. The molecule has 0 bridgehead atoms. The SMILES string of the molecule is CCOc1ccc(C(=O)Nc2ccc(I)cc2)cc1CN(C)S(=O)(=O)c1ccc(Cl)cc1. The summed E-state index contributed by atoms with van der Waals surface area (Å²) in [5, 5.41) is 3.31. The quantitative estimate of drug-likeness (QED) is 0.359. The highest BCUT2D eigenvalue weighted by atomic mass is 127. The minimum atomic E-state index is -3.75. The summed E-state index contributed by atoms with van der Waals surface area (Å²) >= 11 is 8.07. The van der Waals surface area contributed by atoms with Gasteiger partial charge in [-0.25, -0.2) is 8.42 Å². The van der Waals surface area contributed by atoms with E-state index in [9.17, 15) is 13.2 Å². The van der Waals surface area contributed by atoms with E-state index in [1.165, 1.54) is 35.6 Å². The molecule has 3 rings (SSSR count). The smallest absolute Gasteiger partial charge is 0.255 e. The Balaban J connectivity index is 1.86. The fraction of sp³-hybridized carbons (Fsp3) is 0.174. The first kappa shape index (κ1) is 24.5. The maximum absolute atomic E-state index is 13.0. The standard InChI is InChI=1S/C23H22ClIN2O4S/c1-3-31-22-13-4-16(23(28)26-20-9-7-19(25)8-10-20)14-17(22)15-27(2)32(29,30)21-11-5-18(24)6-12-21/h4-14H,3,15H2,1-2H3,(H,26,28). The van der Waals surface area contributed by atoms with Gasteiger partial charge in [-0.2, -0.15) is 4.31 Å². The first-order valence-corrected chi connectivity index (χ1v) is 12.6. The molecule has 0 atom stereocenters. The van der Waals surface area contributed by atoms with Crippen LogP contribution in [-0.4, -0.2) is 32.3 Å². The molecule has 0 fully saturated rings. The van der Waals surface area contributed by atoms with E-state index in [0.29, 0.717) is 34.2 Å². The summed E-state index contributed by atoms with van der Waals surface area (Å²) in [6.45, 7) is 2.29. The predicted molar refractivity (Wildman–Crippen MR) is 135 cm³/mol. The van der Waals surface area contributed by atoms with Crippen molar-refractivity contribution in [3.05, 3.63) is 86.4 Å². The van der Waals surface area contributed by atoms with Crippen molar-refractivity contribution in [2.45, 2.75) is 18.4 Å². The number of anilines is 1. The van der Waals surface area contributed by atoms with Gasteiger partial charge in [0.25, 0.3) is 5.91 Å². The molecule has 0 spiro atoms. The van der Waals surface area contributed by atoms with Crippen molar-refractivity contribution in [1.29, 1.82) is 0 Å². The molecule has 0 aliphatic carbocycles. The number of benzene rings is 3. The van der Waals surface area contributed by atoms with Crippen molar-refractivity contribution >= 4 is 55.8 Å². The van der Waals surface area contributed by atoms with Crippen LogP contribution < -0.4 is 10.1 Å². The van der Waals surface area contributed by atoms with Gasteiger partial charge in [0, 0.05) is 39.0 Å². The van der Waals surface area contributed by atoms with Crippen molar-refractivity contribution in [3.63, 3.8) is 0 Å². The normalized spacial score (nSPS) is 11.4. The number of hydrogen-bond acceptors (Lipinski definition) is 4. The average Bonchev–Trinajstić information content (AvgIpc) is 2.77. The van der Waals surface area contributed by atoms with Crippen LogP contribution in [0.1, 0.15) is 22.8 Å². The van der Waals surface area contributed by atoms with Gasteiger partial charge in [-0.05, 0) is 96.2 Å². The minimum Gasteiger partial charge on any atom is -0.494 e. The molecule has 0 saturated heterocycles. The van der Waals surface area contributed by atoms with E-state index in [4.69, 9.17) is 16.3 Å². The summed E-state index contributed by atoms with van der Waals surface area (Å²) in [5.41, 5.74) is 1.66. The fourth-order valence-electron chi connectivity index (χ4n) is 2.99. The van der Waals surface area contributed by atoms with Crippen molar-refractivity contribution in [1.82, 2.24) is 4.31 Å². The molecule has 9 heteroatoms. The zero-order valence-electron chi connectivity index (χ0n) is 17.5. The highest BCUT2D eigenvalue weighted by Gasteiger charge is 2.23. The summed E-state index contributed by atoms with van der Waals surface area (Å²) in [6.07, 6.45) is 0. The molecule has 0 radical (unpaired) electrons. The van der Waals surface area contributed by atoms with Gasteiger partial charge in [0.05, 0.1) is 11.5 Å². The van der Waals surface area contributed by atoms with Crippen LogP contribution in [0.15, 0.2) is 71.6 Å². The lowest BCUT2D eigenvalue weighted by atomic mass is 10.1. The topological polar surface area (TPSA) is 75.7 Å². The van der Waals surface area contributed by atoms with E-state index in [1.807, 2.05) is 31.2 Å². The lowest BCUT2D eigenvalue weighted by Crippen LogP contribution is -2.27. The predicted octanol–water partition coefficient (Wildman–Crippen LogP) is 5.42. The highest BCUT2D eigenvalue weighted by Crippen LogP contribution is 2.26. The summed E-state index contributed by atoms with van der Waals surface area (Å²) in [6, 6.07) is 18.4. The molecule has 1 N–H and O–H groups in total. The number of nitrogens with zero attached hydrogens (tertiary/aromatic N) is 1. The van der Waals surface area contributed by atoms with Crippen LogP contribution in [0.25, 0.3) is 0 Å². The first-order chi connectivity index (χ1) is 15.2. The fourth-order valence-corrected chi connectivity index (χ4v) is 4.62. The lowest BCUT2D eigenvalue weighted by Gasteiger charge is -2.20. The Morgan fingerprint density at radius 1 is 1.06 bits per heavy atom. The summed E-state index contributed by atoms with van der Waals surface area (Å²) in [7, 11) is -2.27. The van der Waals surface area contributed by atoms with Crippen LogP contribution >= 0.6 is 34.2 Å². The lowest BCUT2D eigenvalue weighted by molar-refractivity contribution is 0.102. The summed E-state index contributed by atoms with van der Waals surface area (Å²) in [5.74, 6) is 0.232. The van der Waals surface area contributed by atoms with Crippen molar-refractivity contribution in [2.24, 2.45) is 0 Å². The van der Waals surface area contributed by atoms with Crippen LogP contribution in [-0.2, 0) is 16.6 Å². The second-order valence-electron chi connectivity index (χ2n) is 6.93. The Bertz CT molecular complexity index is 1200. The molecule has 6 nitrogen and oxygen atoms in total. The van der Waals surface area contributed by atoms with Crippen molar-refractivity contribution < 1.29 is 17.9 Å². The van der Waals surface area contributed by atoms with Gasteiger partial charge >= 0.3 is 0 Å². The van der Waals surface area contributed by atoms with Crippen LogP contribution in [0.2, 0.25) is 5.02 Å². The number of hydrogen-bond donors (Lipinski definition) is 1. The van der Waals surface area contributed by atoms with Crippen molar-refractivity contribution in [2.75, 3.05) is 19.0 Å². The maximum atomic E-state index is 13.0. The molecule has 0 aliphatic rings. The summed E-state index contributed by atoms with van der Waals surface area (Å²) < 4.78 is 33.9. The molecular formula is C23H22ClIN2O4S. The van der Waals surface area contributed by atoms with Gasteiger partial charge in [-0.3, -0.25) is 4.79 Å². The van der Waals surface area contributed by atoms with Gasteiger partial charge in [0.15, 0.2) is 0 Å². The van der Waals surface area contributed by atoms with Gasteiger partial charge < -0.3 is 10.1 Å². The number of carbonyl (C=O) groups excluding carboxylic acids is 1. The molecule has 1 amide bonds. The second-order valence-corrected chi connectivity index (χ2v) is 10.7. The number of nitrogens with one attached hydrogen (secondary N) is 1. The minimum absolute atomic E-state index is 0.0327. The molecule has 168 valence electrons. The van der Waals surface area contributed by atoms with E-state index in [2.05, 4.69) is 27.9 Å². The summed E-state index contributed by atoms with van der Waals surface area (Å²) in [4.78, 5) is 12.9. The molecule has 3 aromatic rings. The molecule has 32 heavy (non-hydrogen) atoms. The zero-order chi connectivity index (χ0) is 23.3. The van der Waals surface area contributed by atoms with E-state index in [-0.39, 0.29) is 17.3 Å². The van der Waals surface area contributed by atoms with E-state index in [1.54, 1.807) is 18.2 Å². The third-order valence-corrected chi connectivity index (χ3v) is 7.43. The van der Waals surface area contributed by atoms with Gasteiger partial charge in [0.2, 0.25) is 10.0 Å². The molecule has 0 aliphatic heterocycles. The number of ether oxygens (including phenoxy) is 1. The highest BCUT2D eigenvalue weighted by molar-refractivity contribution is 14.1. The van der Waals surface area contributed by atoms with E-state index >= 15 is 0 Å². The third-order valence-electron chi connectivity index (χ3n) is 4.64. The van der Waals surface area contributed by atoms with Gasteiger partial charge in [-0.15, -0.1) is 0 Å². The largest absolute Gasteiger partial charge is 0.494 e. The molecular weight excluding hydrogens is 563 g/mol. The molecule has 3 aromatic carbocycles. The van der Waals surface area contributed by atoms with E-state index in [0.717, 1.165) is 3.57 Å². The first-order valence-electron chi connectivity index (χ1n) is 9.75. The zero-order valence-corrected chi connectivity index (χ0v) is 21.2. The number of rotatable bonds is 8. The molecule has 0 aromatic heterocycles. The molecule has 0 unspecified atom stereocenters.